The molecule has 0 aliphatic heterocycles. The SMILES string of the molecule is CCN(CC)CCCNC(=O)[C@@H](NC(=O)c1nn(CCCCN)c2ccccc12)C(C)(C)C. The highest BCUT2D eigenvalue weighted by atomic mass is 16.2. The highest BCUT2D eigenvalue weighted by Gasteiger charge is 2.33. The maximum absolute atomic E-state index is 13.3. The van der Waals surface area contributed by atoms with Gasteiger partial charge in [-0.1, -0.05) is 52.8 Å². The van der Waals surface area contributed by atoms with Gasteiger partial charge in [0.15, 0.2) is 5.69 Å². The van der Waals surface area contributed by atoms with Crippen LogP contribution in [0.25, 0.3) is 10.9 Å². The lowest BCUT2D eigenvalue weighted by molar-refractivity contribution is -0.125. The van der Waals surface area contributed by atoms with E-state index in [1.165, 1.54) is 0 Å². The Hall–Kier alpha value is -2.45. The van der Waals surface area contributed by atoms with Gasteiger partial charge in [0.25, 0.3) is 5.91 Å². The van der Waals surface area contributed by atoms with Gasteiger partial charge in [-0.25, -0.2) is 0 Å². The number of unbranched alkanes of at least 4 members (excludes halogenated alkanes) is 1. The Morgan fingerprint density at radius 1 is 1.12 bits per heavy atom. The van der Waals surface area contributed by atoms with Crippen LogP contribution in [0, 0.1) is 5.41 Å². The van der Waals surface area contributed by atoms with Crippen molar-refractivity contribution in [2.24, 2.45) is 11.1 Å². The average Bonchev–Trinajstić information content (AvgIpc) is 3.15. The zero-order valence-corrected chi connectivity index (χ0v) is 21.0. The third-order valence-electron chi connectivity index (χ3n) is 5.95. The van der Waals surface area contributed by atoms with Crippen molar-refractivity contribution in [1.29, 1.82) is 0 Å². The molecule has 0 fully saturated rings. The van der Waals surface area contributed by atoms with Crippen LogP contribution in [0.5, 0.6) is 0 Å². The van der Waals surface area contributed by atoms with Crippen molar-refractivity contribution in [3.8, 4) is 0 Å². The van der Waals surface area contributed by atoms with Crippen LogP contribution in [0.1, 0.15) is 64.4 Å². The Kier molecular flexibility index (Phi) is 10.3. The van der Waals surface area contributed by atoms with E-state index in [-0.39, 0.29) is 11.8 Å². The van der Waals surface area contributed by atoms with Crippen LogP contribution in [-0.4, -0.2) is 65.3 Å². The third-order valence-corrected chi connectivity index (χ3v) is 5.95. The normalized spacial score (nSPS) is 12.8. The Morgan fingerprint density at radius 3 is 2.45 bits per heavy atom. The van der Waals surface area contributed by atoms with Crippen molar-refractivity contribution in [3.05, 3.63) is 30.0 Å². The van der Waals surface area contributed by atoms with Gasteiger partial charge in [-0.3, -0.25) is 14.3 Å². The van der Waals surface area contributed by atoms with Crippen molar-refractivity contribution < 1.29 is 9.59 Å². The summed E-state index contributed by atoms with van der Waals surface area (Å²) in [4.78, 5) is 28.6. The number of nitrogens with two attached hydrogens (primary N) is 1. The fraction of sp³-hybridized carbons (Fsp3) is 0.640. The zero-order valence-electron chi connectivity index (χ0n) is 21.0. The number of amides is 2. The molecule has 8 heteroatoms. The monoisotopic (exact) mass is 458 g/mol. The number of rotatable bonds is 13. The number of carbonyl (C=O) groups is 2. The van der Waals surface area contributed by atoms with E-state index < -0.39 is 11.5 Å². The molecule has 0 radical (unpaired) electrons. The number of hydrogen-bond acceptors (Lipinski definition) is 5. The summed E-state index contributed by atoms with van der Waals surface area (Å²) in [5.41, 5.74) is 6.43. The van der Waals surface area contributed by atoms with Gasteiger partial charge in [0, 0.05) is 18.5 Å². The number of aryl methyl sites for hydroxylation is 1. The second-order valence-corrected chi connectivity index (χ2v) is 9.53. The molecule has 0 unspecified atom stereocenters. The molecule has 1 heterocycles. The fourth-order valence-electron chi connectivity index (χ4n) is 3.90. The molecule has 0 spiro atoms. The van der Waals surface area contributed by atoms with Gasteiger partial charge in [-0.05, 0) is 56.9 Å². The second-order valence-electron chi connectivity index (χ2n) is 9.53. The van der Waals surface area contributed by atoms with Crippen LogP contribution in [-0.2, 0) is 11.3 Å². The first-order valence-electron chi connectivity index (χ1n) is 12.2. The maximum Gasteiger partial charge on any atom is 0.273 e. The molecule has 0 saturated heterocycles. The van der Waals surface area contributed by atoms with Gasteiger partial charge in [-0.15, -0.1) is 0 Å². The topological polar surface area (TPSA) is 105 Å². The van der Waals surface area contributed by atoms with Crippen molar-refractivity contribution in [2.75, 3.05) is 32.7 Å². The zero-order chi connectivity index (χ0) is 24.4. The molecule has 33 heavy (non-hydrogen) atoms. The van der Waals surface area contributed by atoms with Gasteiger partial charge in [-0.2, -0.15) is 5.10 Å². The summed E-state index contributed by atoms with van der Waals surface area (Å²) in [6.45, 7) is 15.0. The molecule has 1 aromatic heterocycles. The van der Waals surface area contributed by atoms with E-state index >= 15 is 0 Å². The predicted molar refractivity (Wildman–Crippen MR) is 134 cm³/mol. The number of nitrogens with zero attached hydrogens (tertiary/aromatic N) is 3. The van der Waals surface area contributed by atoms with Gasteiger partial charge in [0.1, 0.15) is 6.04 Å². The van der Waals surface area contributed by atoms with E-state index in [4.69, 9.17) is 5.73 Å². The minimum Gasteiger partial charge on any atom is -0.354 e. The first-order chi connectivity index (χ1) is 15.7. The summed E-state index contributed by atoms with van der Waals surface area (Å²) in [5.74, 6) is -0.496. The second kappa shape index (κ2) is 12.7. The van der Waals surface area contributed by atoms with Gasteiger partial charge >= 0.3 is 0 Å². The van der Waals surface area contributed by atoms with Gasteiger partial charge in [0.2, 0.25) is 5.91 Å². The number of carbonyl (C=O) groups excluding carboxylic acids is 2. The van der Waals surface area contributed by atoms with Crippen molar-refractivity contribution in [3.63, 3.8) is 0 Å². The highest BCUT2D eigenvalue weighted by molar-refractivity contribution is 6.06. The molecule has 0 aliphatic rings. The minimum absolute atomic E-state index is 0.165. The lowest BCUT2D eigenvalue weighted by Gasteiger charge is -2.30. The molecule has 2 aromatic rings. The number of nitrogens with one attached hydrogen (secondary N) is 2. The largest absolute Gasteiger partial charge is 0.354 e. The molecule has 0 bridgehead atoms. The number of fused-ring (bicyclic) bond motifs is 1. The molecule has 2 amide bonds. The number of aromatic nitrogens is 2. The Balaban J connectivity index is 2.12. The Labute approximate surface area is 198 Å². The summed E-state index contributed by atoms with van der Waals surface area (Å²) in [6, 6.07) is 7.03. The van der Waals surface area contributed by atoms with Crippen molar-refractivity contribution in [2.45, 2.75) is 66.5 Å². The van der Waals surface area contributed by atoms with Crippen LogP contribution < -0.4 is 16.4 Å². The first kappa shape index (κ1) is 26.8. The van der Waals surface area contributed by atoms with E-state index in [9.17, 15) is 9.59 Å². The third kappa shape index (κ3) is 7.54. The predicted octanol–water partition coefficient (Wildman–Crippen LogP) is 2.77. The van der Waals surface area contributed by atoms with Gasteiger partial charge < -0.3 is 21.3 Å². The quantitative estimate of drug-likeness (QED) is 0.400. The number of hydrogen-bond donors (Lipinski definition) is 3. The summed E-state index contributed by atoms with van der Waals surface area (Å²) in [7, 11) is 0. The van der Waals surface area contributed by atoms with Crippen LogP contribution in [0.2, 0.25) is 0 Å². The van der Waals surface area contributed by atoms with E-state index in [0.29, 0.717) is 25.3 Å². The van der Waals surface area contributed by atoms with Crippen LogP contribution in [0.15, 0.2) is 24.3 Å². The molecular weight excluding hydrogens is 416 g/mol. The number of benzene rings is 1. The summed E-state index contributed by atoms with van der Waals surface area (Å²) in [5, 5.41) is 11.4. The van der Waals surface area contributed by atoms with Gasteiger partial charge in [0.05, 0.1) is 5.52 Å². The summed E-state index contributed by atoms with van der Waals surface area (Å²) >= 11 is 0. The van der Waals surface area contributed by atoms with Crippen molar-refractivity contribution in [1.82, 2.24) is 25.3 Å². The lowest BCUT2D eigenvalue weighted by atomic mass is 9.86. The molecule has 184 valence electrons. The van der Waals surface area contributed by atoms with Crippen molar-refractivity contribution >= 4 is 22.7 Å². The minimum atomic E-state index is -0.667. The van der Waals surface area contributed by atoms with Crippen LogP contribution >= 0.6 is 0 Å². The highest BCUT2D eigenvalue weighted by Crippen LogP contribution is 2.22. The van der Waals surface area contributed by atoms with E-state index in [1.54, 1.807) is 0 Å². The molecule has 4 N–H and O–H groups in total. The smallest absolute Gasteiger partial charge is 0.273 e. The van der Waals surface area contributed by atoms with E-state index in [1.807, 2.05) is 49.7 Å². The van der Waals surface area contributed by atoms with E-state index in [0.717, 1.165) is 49.8 Å². The summed E-state index contributed by atoms with van der Waals surface area (Å²) < 4.78 is 1.86. The molecule has 8 nitrogen and oxygen atoms in total. The molecule has 0 aliphatic carbocycles. The number of para-hydroxylation sites is 1. The molecule has 0 saturated carbocycles. The molecular formula is C25H42N6O2. The Morgan fingerprint density at radius 2 is 1.82 bits per heavy atom. The molecule has 1 aromatic carbocycles. The average molecular weight is 459 g/mol. The molecule has 1 atom stereocenters. The Bertz CT molecular complexity index is 898. The van der Waals surface area contributed by atoms with E-state index in [2.05, 4.69) is 34.5 Å². The van der Waals surface area contributed by atoms with Crippen LogP contribution in [0.3, 0.4) is 0 Å². The maximum atomic E-state index is 13.3. The lowest BCUT2D eigenvalue weighted by Crippen LogP contribution is -2.54. The summed E-state index contributed by atoms with van der Waals surface area (Å²) in [6.07, 6.45) is 2.66. The fourth-order valence-corrected chi connectivity index (χ4v) is 3.90. The van der Waals surface area contributed by atoms with Crippen LogP contribution in [0.4, 0.5) is 0 Å². The standard InChI is InChI=1S/C25H42N6O2/c1-6-30(7-2)17-12-16-27-24(33)22(25(3,4)5)28-23(32)21-19-13-8-9-14-20(19)31(29-21)18-11-10-15-26/h8-9,13-14,22H,6-7,10-12,15-18,26H2,1-5H3,(H,27,33)(H,28,32)/t22-/m1/s1. The molecule has 2 rings (SSSR count). The first-order valence-corrected chi connectivity index (χ1v) is 12.2.